The number of nitrogens with one attached hydrogen (secondary N) is 1. The van der Waals surface area contributed by atoms with Crippen LogP contribution in [0.1, 0.15) is 17.5 Å². The maximum atomic E-state index is 12.3. The Morgan fingerprint density at radius 1 is 1.08 bits per heavy atom. The maximum Gasteiger partial charge on any atom is 0.244 e. The number of fused-ring (bicyclic) bond motifs is 1. The van der Waals surface area contributed by atoms with E-state index >= 15 is 0 Å². The summed E-state index contributed by atoms with van der Waals surface area (Å²) in [7, 11) is 0. The predicted molar refractivity (Wildman–Crippen MR) is 93.0 cm³/mol. The third-order valence-electron chi connectivity index (χ3n) is 4.13. The Balaban J connectivity index is 1.67. The molecule has 2 N–H and O–H groups in total. The molecule has 24 heavy (non-hydrogen) atoms. The molecule has 0 saturated heterocycles. The van der Waals surface area contributed by atoms with Gasteiger partial charge in [-0.25, -0.2) is 0 Å². The summed E-state index contributed by atoms with van der Waals surface area (Å²) in [4.78, 5) is 26.0. The molecule has 0 saturated carbocycles. The number of benzene rings is 2. The Labute approximate surface area is 140 Å². The third kappa shape index (κ3) is 3.63. The lowest BCUT2D eigenvalue weighted by atomic mass is 10.0. The van der Waals surface area contributed by atoms with E-state index in [1.165, 1.54) is 0 Å². The Morgan fingerprint density at radius 2 is 1.83 bits per heavy atom. The minimum atomic E-state index is -0.227. The van der Waals surface area contributed by atoms with Crippen LogP contribution in [0.4, 0.5) is 11.4 Å². The van der Waals surface area contributed by atoms with Gasteiger partial charge in [0.25, 0.3) is 0 Å². The topological polar surface area (TPSA) is 69.6 Å². The standard InChI is InChI=1S/C19H20N2O3/c22-12-11-14-5-8-16(9-6-14)20-18(23)13-21-17-4-2-1-3-15(17)7-10-19(21)24/h1-6,8-9,22H,7,10-13H2,(H,20,23). The molecule has 124 valence electrons. The molecule has 0 unspecified atom stereocenters. The highest BCUT2D eigenvalue weighted by Crippen LogP contribution is 2.27. The van der Waals surface area contributed by atoms with Gasteiger partial charge in [-0.1, -0.05) is 30.3 Å². The Bertz CT molecular complexity index is 741. The summed E-state index contributed by atoms with van der Waals surface area (Å²) >= 11 is 0. The van der Waals surface area contributed by atoms with Gasteiger partial charge < -0.3 is 15.3 Å². The van der Waals surface area contributed by atoms with E-state index in [2.05, 4.69) is 5.32 Å². The molecule has 5 nitrogen and oxygen atoms in total. The molecule has 2 aromatic rings. The van der Waals surface area contributed by atoms with Gasteiger partial charge in [0.2, 0.25) is 11.8 Å². The Hall–Kier alpha value is -2.66. The van der Waals surface area contributed by atoms with Gasteiger partial charge in [0, 0.05) is 24.4 Å². The van der Waals surface area contributed by atoms with Crippen molar-refractivity contribution in [2.75, 3.05) is 23.4 Å². The second kappa shape index (κ2) is 7.27. The SMILES string of the molecule is O=C(CN1C(=O)CCc2ccccc21)Nc1ccc(CCO)cc1. The summed E-state index contributed by atoms with van der Waals surface area (Å²) in [5.74, 6) is -0.253. The van der Waals surface area contributed by atoms with E-state index in [0.717, 1.165) is 23.2 Å². The zero-order chi connectivity index (χ0) is 16.9. The van der Waals surface area contributed by atoms with Crippen molar-refractivity contribution < 1.29 is 14.7 Å². The summed E-state index contributed by atoms with van der Waals surface area (Å²) in [5, 5.41) is 11.7. The first-order chi connectivity index (χ1) is 11.7. The summed E-state index contributed by atoms with van der Waals surface area (Å²) < 4.78 is 0. The molecule has 0 spiro atoms. The number of anilines is 2. The largest absolute Gasteiger partial charge is 0.396 e. The molecule has 0 aromatic heterocycles. The van der Waals surface area contributed by atoms with Crippen LogP contribution < -0.4 is 10.2 Å². The summed E-state index contributed by atoms with van der Waals surface area (Å²) in [6.45, 7) is 0.108. The number of hydrogen-bond donors (Lipinski definition) is 2. The van der Waals surface area contributed by atoms with Crippen LogP contribution in [0.2, 0.25) is 0 Å². The lowest BCUT2D eigenvalue weighted by molar-refractivity contribution is -0.121. The van der Waals surface area contributed by atoms with Gasteiger partial charge in [-0.15, -0.1) is 0 Å². The van der Waals surface area contributed by atoms with Gasteiger partial charge in [-0.05, 0) is 42.2 Å². The number of hydrogen-bond acceptors (Lipinski definition) is 3. The molecule has 1 aliphatic rings. The van der Waals surface area contributed by atoms with Crippen LogP contribution in [-0.2, 0) is 22.4 Å². The minimum absolute atomic E-state index is 0.00817. The first-order valence-corrected chi connectivity index (χ1v) is 8.05. The molecule has 1 heterocycles. The first-order valence-electron chi connectivity index (χ1n) is 8.05. The van der Waals surface area contributed by atoms with E-state index in [1.54, 1.807) is 17.0 Å². The number of amides is 2. The van der Waals surface area contributed by atoms with Crippen molar-refractivity contribution in [1.29, 1.82) is 0 Å². The maximum absolute atomic E-state index is 12.3. The molecule has 0 fully saturated rings. The average Bonchev–Trinajstić information content (AvgIpc) is 2.59. The third-order valence-corrected chi connectivity index (χ3v) is 4.13. The van der Waals surface area contributed by atoms with E-state index in [0.29, 0.717) is 18.5 Å². The number of aryl methyl sites for hydroxylation is 1. The highest BCUT2D eigenvalue weighted by molar-refractivity contribution is 6.04. The van der Waals surface area contributed by atoms with Crippen molar-refractivity contribution in [3.05, 3.63) is 59.7 Å². The smallest absolute Gasteiger partial charge is 0.244 e. The number of aliphatic hydroxyl groups excluding tert-OH is 1. The molecule has 0 aliphatic carbocycles. The van der Waals surface area contributed by atoms with Crippen LogP contribution in [0.15, 0.2) is 48.5 Å². The fourth-order valence-electron chi connectivity index (χ4n) is 2.90. The molecular formula is C19H20N2O3. The number of aliphatic hydroxyl groups is 1. The molecular weight excluding hydrogens is 304 g/mol. The van der Waals surface area contributed by atoms with Gasteiger partial charge in [0.15, 0.2) is 0 Å². The lowest BCUT2D eigenvalue weighted by Crippen LogP contribution is -2.40. The van der Waals surface area contributed by atoms with Crippen LogP contribution in [0, 0.1) is 0 Å². The number of carbonyl (C=O) groups excluding carboxylic acids is 2. The zero-order valence-electron chi connectivity index (χ0n) is 13.4. The van der Waals surface area contributed by atoms with E-state index in [4.69, 9.17) is 5.11 Å². The van der Waals surface area contributed by atoms with Gasteiger partial charge in [0.1, 0.15) is 6.54 Å². The molecule has 1 aliphatic heterocycles. The Kier molecular flexibility index (Phi) is 4.91. The first kappa shape index (κ1) is 16.2. The fraction of sp³-hybridized carbons (Fsp3) is 0.263. The van der Waals surface area contributed by atoms with Crippen LogP contribution in [0.25, 0.3) is 0 Å². The molecule has 2 amide bonds. The highest BCUT2D eigenvalue weighted by Gasteiger charge is 2.25. The molecule has 3 rings (SSSR count). The predicted octanol–water partition coefficient (Wildman–Crippen LogP) is 2.14. The quantitative estimate of drug-likeness (QED) is 0.885. The van der Waals surface area contributed by atoms with E-state index in [9.17, 15) is 9.59 Å². The normalized spacial score (nSPS) is 13.5. The second-order valence-electron chi connectivity index (χ2n) is 5.83. The van der Waals surface area contributed by atoms with Crippen molar-refractivity contribution in [2.24, 2.45) is 0 Å². The van der Waals surface area contributed by atoms with E-state index in [-0.39, 0.29) is 25.0 Å². The molecule has 0 atom stereocenters. The van der Waals surface area contributed by atoms with Gasteiger partial charge in [-0.3, -0.25) is 9.59 Å². The van der Waals surface area contributed by atoms with Crippen molar-refractivity contribution in [1.82, 2.24) is 0 Å². The summed E-state index contributed by atoms with van der Waals surface area (Å²) in [6.07, 6.45) is 1.74. The monoisotopic (exact) mass is 324 g/mol. The average molecular weight is 324 g/mol. The summed E-state index contributed by atoms with van der Waals surface area (Å²) in [6, 6.07) is 15.0. The van der Waals surface area contributed by atoms with E-state index in [1.807, 2.05) is 36.4 Å². The lowest BCUT2D eigenvalue weighted by Gasteiger charge is -2.28. The second-order valence-corrected chi connectivity index (χ2v) is 5.83. The molecule has 0 radical (unpaired) electrons. The van der Waals surface area contributed by atoms with Gasteiger partial charge in [-0.2, -0.15) is 0 Å². The number of para-hydroxylation sites is 1. The van der Waals surface area contributed by atoms with E-state index < -0.39 is 0 Å². The van der Waals surface area contributed by atoms with Crippen molar-refractivity contribution in [3.8, 4) is 0 Å². The number of nitrogens with zero attached hydrogens (tertiary/aromatic N) is 1. The van der Waals surface area contributed by atoms with Crippen LogP contribution >= 0.6 is 0 Å². The van der Waals surface area contributed by atoms with Crippen LogP contribution in [0.3, 0.4) is 0 Å². The zero-order valence-corrected chi connectivity index (χ0v) is 13.4. The summed E-state index contributed by atoms with van der Waals surface area (Å²) in [5.41, 5.74) is 3.61. The molecule has 5 heteroatoms. The Morgan fingerprint density at radius 3 is 2.58 bits per heavy atom. The van der Waals surface area contributed by atoms with Gasteiger partial charge in [0.05, 0.1) is 0 Å². The molecule has 0 bridgehead atoms. The van der Waals surface area contributed by atoms with Crippen molar-refractivity contribution in [3.63, 3.8) is 0 Å². The van der Waals surface area contributed by atoms with Crippen molar-refractivity contribution in [2.45, 2.75) is 19.3 Å². The van der Waals surface area contributed by atoms with Crippen molar-refractivity contribution >= 4 is 23.2 Å². The minimum Gasteiger partial charge on any atom is -0.396 e. The van der Waals surface area contributed by atoms with Crippen LogP contribution in [-0.4, -0.2) is 30.1 Å². The fourth-order valence-corrected chi connectivity index (χ4v) is 2.90. The van der Waals surface area contributed by atoms with Crippen LogP contribution in [0.5, 0.6) is 0 Å². The number of carbonyl (C=O) groups is 2. The highest BCUT2D eigenvalue weighted by atomic mass is 16.3. The molecule has 2 aromatic carbocycles. The number of rotatable bonds is 5. The van der Waals surface area contributed by atoms with Gasteiger partial charge >= 0.3 is 0 Å².